The molecule has 3 heteroatoms. The largest absolute Gasteiger partial charge is 0.295 e. The first-order valence-corrected chi connectivity index (χ1v) is 7.30. The first-order valence-electron chi connectivity index (χ1n) is 5.33. The topological polar surface area (TPSA) is 17.1 Å². The molecule has 2 fully saturated rings. The number of carbonyl (C=O) groups excluding carboxylic acids is 1. The molecular formula is C11H14OS2. The normalized spacial score (nSPS) is 34.7. The summed E-state index contributed by atoms with van der Waals surface area (Å²) < 4.78 is 0.375. The van der Waals surface area contributed by atoms with E-state index in [9.17, 15) is 4.79 Å². The number of ketones is 1. The quantitative estimate of drug-likeness (QED) is 0.632. The van der Waals surface area contributed by atoms with E-state index in [0.717, 1.165) is 19.3 Å². The number of thioether (sulfide) groups is 2. The fourth-order valence-corrected chi connectivity index (χ4v) is 6.37. The lowest BCUT2D eigenvalue weighted by Crippen LogP contribution is -2.29. The fraction of sp³-hybridized carbons (Fsp3) is 0.727. The fourth-order valence-electron chi connectivity index (χ4n) is 2.79. The van der Waals surface area contributed by atoms with Gasteiger partial charge in [-0.25, -0.2) is 0 Å². The van der Waals surface area contributed by atoms with Crippen LogP contribution in [-0.4, -0.2) is 21.4 Å². The van der Waals surface area contributed by atoms with Crippen LogP contribution in [0.3, 0.4) is 0 Å². The van der Waals surface area contributed by atoms with Crippen molar-refractivity contribution in [3.05, 3.63) is 11.6 Å². The van der Waals surface area contributed by atoms with Crippen LogP contribution >= 0.6 is 23.5 Å². The van der Waals surface area contributed by atoms with Crippen molar-refractivity contribution < 1.29 is 4.79 Å². The number of Topliss-reactive ketones (excluding diaryl/α,β-unsaturated/α-hetero) is 1. The minimum absolute atomic E-state index is 0.375. The standard InChI is InChI=1S/C11H14OS2/c12-10-3-2-9-8(10)4-5-11(9)13-6-1-7-14-11/h4,9H,1-3,5-7H2/t9-/m0/s1. The van der Waals surface area contributed by atoms with Crippen LogP contribution in [0.5, 0.6) is 0 Å². The van der Waals surface area contributed by atoms with Gasteiger partial charge in [-0.3, -0.25) is 4.79 Å². The summed E-state index contributed by atoms with van der Waals surface area (Å²) in [6.45, 7) is 0. The minimum Gasteiger partial charge on any atom is -0.295 e. The number of carbonyl (C=O) groups is 1. The Morgan fingerprint density at radius 3 is 2.93 bits per heavy atom. The van der Waals surface area contributed by atoms with Crippen LogP contribution in [0.2, 0.25) is 0 Å². The average Bonchev–Trinajstić information content (AvgIpc) is 2.73. The summed E-state index contributed by atoms with van der Waals surface area (Å²) in [4.78, 5) is 11.6. The van der Waals surface area contributed by atoms with Gasteiger partial charge in [0.15, 0.2) is 5.78 Å². The third kappa shape index (κ3) is 1.21. The van der Waals surface area contributed by atoms with Gasteiger partial charge in [0.1, 0.15) is 0 Å². The summed E-state index contributed by atoms with van der Waals surface area (Å²) in [5.74, 6) is 3.60. The summed E-state index contributed by atoms with van der Waals surface area (Å²) >= 11 is 4.22. The van der Waals surface area contributed by atoms with Crippen LogP contribution in [0.15, 0.2) is 11.6 Å². The van der Waals surface area contributed by atoms with Crippen LogP contribution in [-0.2, 0) is 4.79 Å². The molecule has 1 aliphatic heterocycles. The molecule has 1 atom stereocenters. The first-order chi connectivity index (χ1) is 6.82. The molecule has 0 aromatic rings. The van der Waals surface area contributed by atoms with Crippen molar-refractivity contribution in [2.75, 3.05) is 11.5 Å². The predicted octanol–water partition coefficient (Wildman–Crippen LogP) is 2.86. The summed E-state index contributed by atoms with van der Waals surface area (Å²) in [6, 6.07) is 0. The zero-order valence-electron chi connectivity index (χ0n) is 8.12. The van der Waals surface area contributed by atoms with Gasteiger partial charge >= 0.3 is 0 Å². The summed E-state index contributed by atoms with van der Waals surface area (Å²) in [6.07, 6.45) is 6.62. The maximum absolute atomic E-state index is 11.6. The van der Waals surface area contributed by atoms with E-state index in [1.54, 1.807) is 0 Å². The Morgan fingerprint density at radius 2 is 2.14 bits per heavy atom. The monoisotopic (exact) mass is 226 g/mol. The second-order valence-electron chi connectivity index (χ2n) is 4.24. The molecule has 0 aromatic heterocycles. The molecule has 3 rings (SSSR count). The van der Waals surface area contributed by atoms with Crippen LogP contribution in [0, 0.1) is 5.92 Å². The van der Waals surface area contributed by atoms with Crippen LogP contribution in [0.1, 0.15) is 25.7 Å². The molecule has 76 valence electrons. The number of hydrogen-bond donors (Lipinski definition) is 0. The second kappa shape index (κ2) is 3.31. The zero-order chi connectivity index (χ0) is 9.60. The van der Waals surface area contributed by atoms with Gasteiger partial charge in [0.2, 0.25) is 0 Å². The third-order valence-corrected chi connectivity index (χ3v) is 7.05. The second-order valence-corrected chi connectivity index (χ2v) is 7.35. The lowest BCUT2D eigenvalue weighted by atomic mass is 10.0. The van der Waals surface area contributed by atoms with Crippen molar-refractivity contribution in [2.24, 2.45) is 5.92 Å². The Labute approximate surface area is 93.1 Å². The van der Waals surface area contributed by atoms with Gasteiger partial charge in [-0.05, 0) is 36.3 Å². The smallest absolute Gasteiger partial charge is 0.158 e. The van der Waals surface area contributed by atoms with E-state index in [2.05, 4.69) is 29.6 Å². The molecule has 0 amide bonds. The molecule has 1 saturated carbocycles. The molecule has 0 aromatic carbocycles. The van der Waals surface area contributed by atoms with Gasteiger partial charge < -0.3 is 0 Å². The van der Waals surface area contributed by atoms with Crippen LogP contribution < -0.4 is 0 Å². The van der Waals surface area contributed by atoms with Crippen LogP contribution in [0.25, 0.3) is 0 Å². The summed E-state index contributed by atoms with van der Waals surface area (Å²) in [5, 5.41) is 0. The minimum atomic E-state index is 0.375. The van der Waals surface area contributed by atoms with Gasteiger partial charge in [0, 0.05) is 12.3 Å². The van der Waals surface area contributed by atoms with E-state index in [1.165, 1.54) is 23.5 Å². The maximum Gasteiger partial charge on any atom is 0.158 e. The van der Waals surface area contributed by atoms with Gasteiger partial charge in [0.25, 0.3) is 0 Å². The lowest BCUT2D eigenvalue weighted by molar-refractivity contribution is -0.114. The highest BCUT2D eigenvalue weighted by Crippen LogP contribution is 2.59. The maximum atomic E-state index is 11.6. The molecule has 1 saturated heterocycles. The highest BCUT2D eigenvalue weighted by atomic mass is 32.2. The summed E-state index contributed by atoms with van der Waals surface area (Å²) in [7, 11) is 0. The molecule has 0 N–H and O–H groups in total. The number of allylic oxidation sites excluding steroid dienone is 2. The Morgan fingerprint density at radius 1 is 1.36 bits per heavy atom. The van der Waals surface area contributed by atoms with Crippen molar-refractivity contribution in [3.63, 3.8) is 0 Å². The zero-order valence-corrected chi connectivity index (χ0v) is 9.76. The van der Waals surface area contributed by atoms with E-state index in [1.807, 2.05) is 0 Å². The molecule has 1 spiro atoms. The Hall–Kier alpha value is 0.110. The van der Waals surface area contributed by atoms with E-state index >= 15 is 0 Å². The van der Waals surface area contributed by atoms with Gasteiger partial charge in [0.05, 0.1) is 4.08 Å². The Balaban J connectivity index is 1.88. The average molecular weight is 226 g/mol. The Bertz CT molecular complexity index is 302. The summed E-state index contributed by atoms with van der Waals surface area (Å²) in [5.41, 5.74) is 1.17. The van der Waals surface area contributed by atoms with Crippen molar-refractivity contribution >= 4 is 29.3 Å². The van der Waals surface area contributed by atoms with E-state index in [0.29, 0.717) is 15.8 Å². The molecule has 1 nitrogen and oxygen atoms in total. The van der Waals surface area contributed by atoms with E-state index in [-0.39, 0.29) is 0 Å². The molecule has 1 heterocycles. The molecule has 3 aliphatic rings. The van der Waals surface area contributed by atoms with Gasteiger partial charge in [-0.2, -0.15) is 0 Å². The lowest BCUT2D eigenvalue weighted by Gasteiger charge is -2.37. The molecule has 14 heavy (non-hydrogen) atoms. The molecule has 0 radical (unpaired) electrons. The van der Waals surface area contributed by atoms with Crippen molar-refractivity contribution in [3.8, 4) is 0 Å². The molecule has 0 unspecified atom stereocenters. The van der Waals surface area contributed by atoms with Crippen molar-refractivity contribution in [1.29, 1.82) is 0 Å². The number of hydrogen-bond acceptors (Lipinski definition) is 3. The predicted molar refractivity (Wildman–Crippen MR) is 62.7 cm³/mol. The number of fused-ring (bicyclic) bond motifs is 2. The van der Waals surface area contributed by atoms with Crippen molar-refractivity contribution in [2.45, 2.75) is 29.8 Å². The molecule has 0 bridgehead atoms. The highest BCUT2D eigenvalue weighted by Gasteiger charge is 2.50. The van der Waals surface area contributed by atoms with E-state index in [4.69, 9.17) is 0 Å². The molecular weight excluding hydrogens is 212 g/mol. The van der Waals surface area contributed by atoms with E-state index < -0.39 is 0 Å². The van der Waals surface area contributed by atoms with Crippen LogP contribution in [0.4, 0.5) is 0 Å². The highest BCUT2D eigenvalue weighted by molar-refractivity contribution is 8.18. The number of rotatable bonds is 0. The Kier molecular flexibility index (Phi) is 2.21. The SMILES string of the molecule is O=C1CC[C@H]2C1=CCC21SCCCS1. The van der Waals surface area contributed by atoms with Gasteiger partial charge in [-0.1, -0.05) is 6.08 Å². The third-order valence-electron chi connectivity index (χ3n) is 3.48. The van der Waals surface area contributed by atoms with Crippen molar-refractivity contribution in [1.82, 2.24) is 0 Å². The first kappa shape index (κ1) is 9.34. The van der Waals surface area contributed by atoms with Gasteiger partial charge in [-0.15, -0.1) is 23.5 Å². The molecule has 2 aliphatic carbocycles.